The van der Waals surface area contributed by atoms with Gasteiger partial charge in [0.15, 0.2) is 11.0 Å². The largest absolute Gasteiger partial charge is 0.496 e. The average Bonchev–Trinajstić information content (AvgIpc) is 2.86. The molecule has 0 amide bonds. The van der Waals surface area contributed by atoms with Crippen molar-refractivity contribution in [1.29, 1.82) is 0 Å². The molecule has 0 bridgehead atoms. The minimum absolute atomic E-state index is 0.913. The summed E-state index contributed by atoms with van der Waals surface area (Å²) in [4.78, 5) is 4.76. The van der Waals surface area contributed by atoms with Gasteiger partial charge in [0.05, 0.1) is 19.1 Å². The summed E-state index contributed by atoms with van der Waals surface area (Å²) in [5.41, 5.74) is 4.63. The van der Waals surface area contributed by atoms with Crippen LogP contribution in [0.3, 0.4) is 0 Å². The van der Waals surface area contributed by atoms with Crippen LogP contribution in [0.2, 0.25) is 0 Å². The minimum atomic E-state index is 0.913. The zero-order chi connectivity index (χ0) is 13.7. The number of hydrogen-bond acceptors (Lipinski definition) is 3. The van der Waals surface area contributed by atoms with Gasteiger partial charge in [0.2, 0.25) is 0 Å². The maximum absolute atomic E-state index is 5.41. The highest BCUT2D eigenvalue weighted by molar-refractivity contribution is 7.97. The number of methoxy groups -OCH3 is 1. The van der Waals surface area contributed by atoms with Crippen LogP contribution < -0.4 is 9.30 Å². The number of ether oxygens (including phenoxy) is 1. The molecule has 3 aromatic rings. The third kappa shape index (κ3) is 1.50. The first-order valence-corrected chi connectivity index (χ1v) is 7.43. The number of nitrogens with zero attached hydrogens (tertiary/aromatic N) is 3. The molecule has 1 aromatic carbocycles. The molecule has 0 fully saturated rings. The fraction of sp³-hybridized carbons (Fsp3) is 0.200. The molecule has 1 aliphatic heterocycles. The van der Waals surface area contributed by atoms with E-state index in [-0.39, 0.29) is 0 Å². The molecule has 0 saturated heterocycles. The molecule has 4 rings (SSSR count). The van der Waals surface area contributed by atoms with Crippen LogP contribution in [0.4, 0.5) is 0 Å². The first-order valence-electron chi connectivity index (χ1n) is 6.49. The van der Waals surface area contributed by atoms with E-state index in [2.05, 4.69) is 33.7 Å². The summed E-state index contributed by atoms with van der Waals surface area (Å²) < 4.78 is 9.77. The van der Waals surface area contributed by atoms with E-state index < -0.39 is 0 Å². The fourth-order valence-electron chi connectivity index (χ4n) is 2.66. The minimum Gasteiger partial charge on any atom is -0.496 e. The van der Waals surface area contributed by atoms with E-state index in [1.165, 1.54) is 16.8 Å². The van der Waals surface area contributed by atoms with E-state index in [4.69, 9.17) is 9.72 Å². The monoisotopic (exact) mass is 284 g/mol. The standard InChI is InChI=1S/C15H14N3OS/c1-10-13-9-20-18-12-6-4-3-5-11(12)16-15(18)17(13)8-7-14(10)19-2/h3-8H,9H2,1-2H3/q+1. The van der Waals surface area contributed by atoms with Crippen molar-refractivity contribution >= 4 is 23.0 Å². The molecule has 0 radical (unpaired) electrons. The third-order valence-electron chi connectivity index (χ3n) is 3.74. The zero-order valence-electron chi connectivity index (χ0n) is 11.3. The molecule has 1 aliphatic rings. The van der Waals surface area contributed by atoms with E-state index >= 15 is 0 Å². The Morgan fingerprint density at radius 1 is 1.30 bits per heavy atom. The summed E-state index contributed by atoms with van der Waals surface area (Å²) in [7, 11) is 1.71. The van der Waals surface area contributed by atoms with Crippen molar-refractivity contribution in [2.24, 2.45) is 0 Å². The van der Waals surface area contributed by atoms with Crippen LogP contribution in [0.15, 0.2) is 36.5 Å². The van der Waals surface area contributed by atoms with Crippen LogP contribution in [0, 0.1) is 6.92 Å². The molecule has 0 N–H and O–H groups in total. The van der Waals surface area contributed by atoms with Gasteiger partial charge in [0.25, 0.3) is 0 Å². The predicted octanol–water partition coefficient (Wildman–Crippen LogP) is 2.64. The lowest BCUT2D eigenvalue weighted by Crippen LogP contribution is -2.41. The SMILES string of the molecule is COc1cc[n+]2c(c1C)CSn1c-2nc2ccccc21. The normalized spacial score (nSPS) is 13.1. The van der Waals surface area contributed by atoms with Gasteiger partial charge in [0.1, 0.15) is 11.4 Å². The van der Waals surface area contributed by atoms with Crippen LogP contribution in [0.1, 0.15) is 11.3 Å². The van der Waals surface area contributed by atoms with Crippen molar-refractivity contribution in [3.05, 3.63) is 47.8 Å². The fourth-order valence-corrected chi connectivity index (χ4v) is 3.81. The van der Waals surface area contributed by atoms with Crippen LogP contribution >= 0.6 is 11.9 Å². The summed E-state index contributed by atoms with van der Waals surface area (Å²) in [6, 6.07) is 10.2. The highest BCUT2D eigenvalue weighted by Gasteiger charge is 2.30. The van der Waals surface area contributed by atoms with E-state index in [1.54, 1.807) is 19.1 Å². The van der Waals surface area contributed by atoms with Crippen LogP contribution in [-0.4, -0.2) is 16.1 Å². The summed E-state index contributed by atoms with van der Waals surface area (Å²) >= 11 is 1.78. The van der Waals surface area contributed by atoms with Gasteiger partial charge in [0, 0.05) is 23.6 Å². The second-order valence-corrected chi connectivity index (χ2v) is 5.71. The van der Waals surface area contributed by atoms with E-state index in [0.29, 0.717) is 0 Å². The summed E-state index contributed by atoms with van der Waals surface area (Å²) in [5, 5.41) is 0. The lowest BCUT2D eigenvalue weighted by molar-refractivity contribution is -0.612. The van der Waals surface area contributed by atoms with Gasteiger partial charge in [-0.3, -0.25) is 0 Å². The molecule has 0 unspecified atom stereocenters. The lowest BCUT2D eigenvalue weighted by Gasteiger charge is -2.16. The molecule has 0 spiro atoms. The molecule has 0 atom stereocenters. The van der Waals surface area contributed by atoms with Crippen molar-refractivity contribution in [2.45, 2.75) is 12.7 Å². The number of pyridine rings is 1. The molecule has 2 aromatic heterocycles. The molecule has 5 heteroatoms. The lowest BCUT2D eigenvalue weighted by atomic mass is 10.2. The first kappa shape index (κ1) is 11.8. The van der Waals surface area contributed by atoms with E-state index in [9.17, 15) is 0 Å². The van der Waals surface area contributed by atoms with Crippen molar-refractivity contribution in [3.8, 4) is 11.7 Å². The number of rotatable bonds is 1. The van der Waals surface area contributed by atoms with Gasteiger partial charge in [-0.15, -0.1) is 0 Å². The smallest absolute Gasteiger partial charge is 0.415 e. The van der Waals surface area contributed by atoms with Crippen LogP contribution in [0.25, 0.3) is 17.0 Å². The number of para-hydroxylation sites is 2. The van der Waals surface area contributed by atoms with Crippen molar-refractivity contribution in [2.75, 3.05) is 7.11 Å². The Bertz CT molecular complexity index is 825. The molecule has 0 saturated carbocycles. The third-order valence-corrected chi connectivity index (χ3v) is 4.76. The van der Waals surface area contributed by atoms with Crippen LogP contribution in [0.5, 0.6) is 5.75 Å². The maximum atomic E-state index is 5.41. The number of aromatic nitrogens is 3. The number of fused-ring (bicyclic) bond motifs is 5. The average molecular weight is 284 g/mol. The van der Waals surface area contributed by atoms with Gasteiger partial charge in [-0.25, -0.2) is 4.57 Å². The maximum Gasteiger partial charge on any atom is 0.415 e. The van der Waals surface area contributed by atoms with E-state index in [1.807, 2.05) is 18.3 Å². The predicted molar refractivity (Wildman–Crippen MR) is 79.2 cm³/mol. The zero-order valence-corrected chi connectivity index (χ0v) is 12.1. The van der Waals surface area contributed by atoms with Crippen molar-refractivity contribution in [1.82, 2.24) is 8.96 Å². The molecular formula is C15H14N3OS+. The van der Waals surface area contributed by atoms with Gasteiger partial charge in [-0.2, -0.15) is 3.97 Å². The quantitative estimate of drug-likeness (QED) is 0.644. The molecular weight excluding hydrogens is 270 g/mol. The highest BCUT2D eigenvalue weighted by atomic mass is 32.2. The molecule has 3 heterocycles. The Hall–Kier alpha value is -2.01. The van der Waals surface area contributed by atoms with Crippen LogP contribution in [-0.2, 0) is 5.75 Å². The van der Waals surface area contributed by atoms with Gasteiger partial charge < -0.3 is 4.74 Å². The molecule has 0 aliphatic carbocycles. The summed E-state index contributed by atoms with van der Waals surface area (Å²) in [6.45, 7) is 2.10. The van der Waals surface area contributed by atoms with E-state index in [0.717, 1.165) is 23.0 Å². The van der Waals surface area contributed by atoms with Crippen molar-refractivity contribution in [3.63, 3.8) is 0 Å². The molecule has 4 nitrogen and oxygen atoms in total. The molecule has 20 heavy (non-hydrogen) atoms. The summed E-state index contributed by atoms with van der Waals surface area (Å²) in [5.74, 6) is 2.81. The topological polar surface area (TPSA) is 30.9 Å². The number of benzene rings is 1. The van der Waals surface area contributed by atoms with Crippen molar-refractivity contribution < 1.29 is 9.30 Å². The number of hydrogen-bond donors (Lipinski definition) is 0. The Morgan fingerprint density at radius 2 is 2.15 bits per heavy atom. The number of imidazole rings is 1. The molecule has 100 valence electrons. The van der Waals surface area contributed by atoms with Gasteiger partial charge in [-0.1, -0.05) is 17.1 Å². The second-order valence-electron chi connectivity index (χ2n) is 4.79. The highest BCUT2D eigenvalue weighted by Crippen LogP contribution is 2.31. The summed E-state index contributed by atoms with van der Waals surface area (Å²) in [6.07, 6.45) is 2.04. The van der Waals surface area contributed by atoms with Gasteiger partial charge in [-0.05, 0) is 19.1 Å². The second kappa shape index (κ2) is 4.24. The first-order chi connectivity index (χ1) is 9.79. The Kier molecular flexibility index (Phi) is 2.50. The van der Waals surface area contributed by atoms with Gasteiger partial charge >= 0.3 is 5.95 Å². The Morgan fingerprint density at radius 3 is 3.00 bits per heavy atom. The Labute approximate surface area is 121 Å². The Balaban J connectivity index is 2.02.